The molecule has 1 aromatic carbocycles. The normalized spacial score (nSPS) is 18.5. The van der Waals surface area contributed by atoms with Gasteiger partial charge in [-0.2, -0.15) is 5.10 Å². The van der Waals surface area contributed by atoms with Crippen LogP contribution in [0.5, 0.6) is 0 Å². The number of rotatable bonds is 3. The van der Waals surface area contributed by atoms with Crippen molar-refractivity contribution < 1.29 is 19.5 Å². The van der Waals surface area contributed by atoms with Crippen molar-refractivity contribution in [3.05, 3.63) is 29.5 Å². The van der Waals surface area contributed by atoms with Crippen LogP contribution in [-0.4, -0.2) is 32.7 Å². The van der Waals surface area contributed by atoms with Gasteiger partial charge in [-0.05, 0) is 24.1 Å². The molecule has 1 aliphatic rings. The average Bonchev–Trinajstić information content (AvgIpc) is 2.75. The molecule has 2 N–H and O–H groups in total. The summed E-state index contributed by atoms with van der Waals surface area (Å²) in [5, 5.41) is 16.4. The molecule has 3 rings (SSSR count). The SMILES string of the molecule is Cn1nc(C2CCC(=O)NC2=O)c2cc(CC(=O)O)ccc21. The highest BCUT2D eigenvalue weighted by atomic mass is 16.4. The largest absolute Gasteiger partial charge is 0.481 e. The van der Waals surface area contributed by atoms with Gasteiger partial charge < -0.3 is 5.11 Å². The van der Waals surface area contributed by atoms with Crippen LogP contribution < -0.4 is 5.32 Å². The van der Waals surface area contributed by atoms with Crippen LogP contribution in [0.3, 0.4) is 0 Å². The lowest BCUT2D eigenvalue weighted by atomic mass is 9.92. The number of benzene rings is 1. The van der Waals surface area contributed by atoms with Crippen LogP contribution in [-0.2, 0) is 27.9 Å². The molecular formula is C15H15N3O4. The summed E-state index contributed by atoms with van der Waals surface area (Å²) in [6.07, 6.45) is 0.614. The second-order valence-electron chi connectivity index (χ2n) is 5.43. The molecule has 0 spiro atoms. The zero-order valence-electron chi connectivity index (χ0n) is 12.0. The number of carboxylic acid groups (broad SMARTS) is 1. The van der Waals surface area contributed by atoms with Crippen LogP contribution in [0.1, 0.15) is 30.0 Å². The van der Waals surface area contributed by atoms with Crippen LogP contribution in [0.15, 0.2) is 18.2 Å². The number of hydrogen-bond donors (Lipinski definition) is 2. The van der Waals surface area contributed by atoms with E-state index in [2.05, 4.69) is 10.4 Å². The maximum absolute atomic E-state index is 12.0. The fourth-order valence-electron chi connectivity index (χ4n) is 2.84. The molecule has 1 aromatic heterocycles. The number of carboxylic acids is 1. The Hall–Kier alpha value is -2.70. The molecule has 0 radical (unpaired) electrons. The molecule has 1 aliphatic heterocycles. The first kappa shape index (κ1) is 14.2. The third-order valence-corrected chi connectivity index (χ3v) is 3.87. The number of nitrogens with one attached hydrogen (secondary N) is 1. The minimum Gasteiger partial charge on any atom is -0.481 e. The Labute approximate surface area is 125 Å². The predicted octanol–water partition coefficient (Wildman–Crippen LogP) is 0.721. The average molecular weight is 301 g/mol. The minimum atomic E-state index is -0.911. The van der Waals surface area contributed by atoms with Crippen LogP contribution in [0.25, 0.3) is 10.9 Å². The fourth-order valence-corrected chi connectivity index (χ4v) is 2.84. The molecule has 2 heterocycles. The molecule has 1 unspecified atom stereocenters. The summed E-state index contributed by atoms with van der Waals surface area (Å²) in [6.45, 7) is 0. The van der Waals surface area contributed by atoms with E-state index in [0.29, 0.717) is 17.7 Å². The van der Waals surface area contributed by atoms with Crippen LogP contribution in [0.4, 0.5) is 0 Å². The number of aryl methyl sites for hydroxylation is 1. The van der Waals surface area contributed by atoms with E-state index in [0.717, 1.165) is 10.9 Å². The van der Waals surface area contributed by atoms with Gasteiger partial charge in [0, 0.05) is 18.9 Å². The van der Waals surface area contributed by atoms with Crippen molar-refractivity contribution >= 4 is 28.7 Å². The van der Waals surface area contributed by atoms with Crippen LogP contribution in [0.2, 0.25) is 0 Å². The van der Waals surface area contributed by atoms with Crippen LogP contribution >= 0.6 is 0 Å². The minimum absolute atomic E-state index is 0.0837. The molecule has 1 atom stereocenters. The number of piperidine rings is 1. The Morgan fingerprint density at radius 2 is 2.23 bits per heavy atom. The maximum atomic E-state index is 12.0. The van der Waals surface area contributed by atoms with Gasteiger partial charge in [-0.15, -0.1) is 0 Å². The number of carbonyl (C=O) groups excluding carboxylic acids is 2. The maximum Gasteiger partial charge on any atom is 0.307 e. The van der Waals surface area contributed by atoms with Gasteiger partial charge in [0.2, 0.25) is 11.8 Å². The summed E-state index contributed by atoms with van der Waals surface area (Å²) >= 11 is 0. The lowest BCUT2D eigenvalue weighted by Gasteiger charge is -2.19. The first-order chi connectivity index (χ1) is 10.5. The van der Waals surface area contributed by atoms with Gasteiger partial charge in [-0.1, -0.05) is 6.07 Å². The van der Waals surface area contributed by atoms with E-state index in [1.807, 2.05) is 0 Å². The van der Waals surface area contributed by atoms with Gasteiger partial charge >= 0.3 is 5.97 Å². The smallest absolute Gasteiger partial charge is 0.307 e. The van der Waals surface area contributed by atoms with Gasteiger partial charge in [-0.25, -0.2) is 0 Å². The van der Waals surface area contributed by atoms with E-state index in [1.165, 1.54) is 0 Å². The Kier molecular flexibility index (Phi) is 3.40. The van der Waals surface area contributed by atoms with Crippen molar-refractivity contribution in [1.82, 2.24) is 15.1 Å². The monoisotopic (exact) mass is 301 g/mol. The van der Waals surface area contributed by atoms with Crippen molar-refractivity contribution in [2.45, 2.75) is 25.2 Å². The number of amides is 2. The Morgan fingerprint density at radius 1 is 1.45 bits per heavy atom. The summed E-state index contributed by atoms with van der Waals surface area (Å²) in [7, 11) is 1.77. The Morgan fingerprint density at radius 3 is 2.91 bits per heavy atom. The van der Waals surface area contributed by atoms with Gasteiger partial charge in [0.05, 0.1) is 23.5 Å². The molecule has 0 bridgehead atoms. The quantitative estimate of drug-likeness (QED) is 0.813. The second kappa shape index (κ2) is 5.25. The van der Waals surface area contributed by atoms with Gasteiger partial charge in [0.25, 0.3) is 0 Å². The van der Waals surface area contributed by atoms with E-state index < -0.39 is 11.9 Å². The molecule has 7 heteroatoms. The summed E-state index contributed by atoms with van der Waals surface area (Å²) in [6, 6.07) is 5.30. The Balaban J connectivity index is 2.07. The van der Waals surface area contributed by atoms with Crippen molar-refractivity contribution in [3.63, 3.8) is 0 Å². The number of hydrogen-bond acceptors (Lipinski definition) is 4. The molecule has 0 saturated carbocycles. The Bertz CT molecular complexity index is 793. The molecule has 114 valence electrons. The summed E-state index contributed by atoms with van der Waals surface area (Å²) in [5.41, 5.74) is 2.07. The van der Waals surface area contributed by atoms with Gasteiger partial charge in [0.15, 0.2) is 0 Å². The molecule has 22 heavy (non-hydrogen) atoms. The lowest BCUT2D eigenvalue weighted by Crippen LogP contribution is -2.39. The molecule has 7 nitrogen and oxygen atoms in total. The topological polar surface area (TPSA) is 101 Å². The third kappa shape index (κ3) is 2.45. The first-order valence-electron chi connectivity index (χ1n) is 6.96. The summed E-state index contributed by atoms with van der Waals surface area (Å²) < 4.78 is 1.67. The van der Waals surface area contributed by atoms with E-state index in [-0.39, 0.29) is 24.7 Å². The molecule has 1 saturated heterocycles. The van der Waals surface area contributed by atoms with Gasteiger partial charge in [0.1, 0.15) is 0 Å². The second-order valence-corrected chi connectivity index (χ2v) is 5.43. The highest BCUT2D eigenvalue weighted by Gasteiger charge is 2.31. The molecular weight excluding hydrogens is 286 g/mol. The van der Waals surface area contributed by atoms with Crippen molar-refractivity contribution in [2.24, 2.45) is 7.05 Å². The third-order valence-electron chi connectivity index (χ3n) is 3.87. The standard InChI is InChI=1S/C15H15N3O4/c1-18-11-4-2-8(7-13(20)21)6-10(11)14(17-18)9-3-5-12(19)16-15(9)22/h2,4,6,9H,3,5,7H2,1H3,(H,20,21)(H,16,19,22). The highest BCUT2D eigenvalue weighted by Crippen LogP contribution is 2.30. The van der Waals surface area contributed by atoms with Gasteiger partial charge in [-0.3, -0.25) is 24.4 Å². The summed E-state index contributed by atoms with van der Waals surface area (Å²) in [5.74, 6) is -2.01. The number of nitrogens with zero attached hydrogens (tertiary/aromatic N) is 2. The van der Waals surface area contributed by atoms with Crippen molar-refractivity contribution in [2.75, 3.05) is 0 Å². The first-order valence-corrected chi connectivity index (χ1v) is 6.96. The number of carbonyl (C=O) groups is 3. The van der Waals surface area contributed by atoms with E-state index >= 15 is 0 Å². The molecule has 2 aromatic rings. The molecule has 2 amide bonds. The van der Waals surface area contributed by atoms with E-state index in [1.54, 1.807) is 29.9 Å². The van der Waals surface area contributed by atoms with E-state index in [4.69, 9.17) is 5.11 Å². The number of imide groups is 1. The zero-order chi connectivity index (χ0) is 15.9. The number of fused-ring (bicyclic) bond motifs is 1. The lowest BCUT2D eigenvalue weighted by molar-refractivity contribution is -0.136. The van der Waals surface area contributed by atoms with Crippen molar-refractivity contribution in [1.29, 1.82) is 0 Å². The highest BCUT2D eigenvalue weighted by molar-refractivity contribution is 6.02. The molecule has 1 fully saturated rings. The van der Waals surface area contributed by atoms with Crippen molar-refractivity contribution in [3.8, 4) is 0 Å². The predicted molar refractivity (Wildman–Crippen MR) is 77.2 cm³/mol. The number of aliphatic carboxylic acids is 1. The number of aromatic nitrogens is 2. The fraction of sp³-hybridized carbons (Fsp3) is 0.333. The van der Waals surface area contributed by atoms with E-state index in [9.17, 15) is 14.4 Å². The van der Waals surface area contributed by atoms with Crippen LogP contribution in [0, 0.1) is 0 Å². The zero-order valence-corrected chi connectivity index (χ0v) is 12.0. The molecule has 0 aliphatic carbocycles. The summed E-state index contributed by atoms with van der Waals surface area (Å²) in [4.78, 5) is 34.2.